The van der Waals surface area contributed by atoms with Crippen molar-refractivity contribution < 1.29 is 14.4 Å². The maximum Gasteiger partial charge on any atom is 0.236 e. The highest BCUT2D eigenvalue weighted by Crippen LogP contribution is 2.51. The van der Waals surface area contributed by atoms with E-state index in [2.05, 4.69) is 17.0 Å². The second kappa shape index (κ2) is 7.16. The second-order valence-electron chi connectivity index (χ2n) is 8.91. The molecule has 1 aromatic heterocycles. The summed E-state index contributed by atoms with van der Waals surface area (Å²) in [6, 6.07) is 8.71. The molecular formula is C25H26N2O3S. The lowest BCUT2D eigenvalue weighted by molar-refractivity contribution is -0.142. The standard InChI is InChI=1S/C25H26N2O3S/c1-5-15(4)26-24(29)20-18-12-14(3)16-11-13(2)8-9-17(16)27(18)22(21(20)25(26)30)23(28)19-7-6-10-31-19/h6-12,15,18,20-22H,5H2,1-4H3/t15-,18-,20-,21-,22+/m0/s1. The zero-order valence-electron chi connectivity index (χ0n) is 18.2. The number of ketones is 1. The Kier molecular flexibility index (Phi) is 4.66. The molecule has 0 aliphatic carbocycles. The van der Waals surface area contributed by atoms with Crippen LogP contribution in [-0.2, 0) is 9.59 Å². The molecule has 0 saturated carbocycles. The molecule has 0 spiro atoms. The number of nitrogens with zero attached hydrogens (tertiary/aromatic N) is 2. The number of carbonyl (C=O) groups is 3. The van der Waals surface area contributed by atoms with Gasteiger partial charge in [0.1, 0.15) is 6.04 Å². The zero-order chi connectivity index (χ0) is 22.0. The lowest BCUT2D eigenvalue weighted by atomic mass is 9.86. The van der Waals surface area contributed by atoms with Crippen LogP contribution >= 0.6 is 11.3 Å². The number of rotatable bonds is 4. The Hall–Kier alpha value is -2.73. The van der Waals surface area contributed by atoms with E-state index >= 15 is 0 Å². The first-order chi connectivity index (χ1) is 14.8. The normalized spacial score (nSPS) is 27.7. The number of amides is 2. The highest BCUT2D eigenvalue weighted by Gasteiger charge is 2.64. The molecule has 0 unspecified atom stereocenters. The van der Waals surface area contributed by atoms with Crippen molar-refractivity contribution in [3.8, 4) is 0 Å². The Morgan fingerprint density at radius 2 is 1.87 bits per heavy atom. The number of thiophene rings is 1. The number of imide groups is 1. The minimum Gasteiger partial charge on any atom is -0.352 e. The van der Waals surface area contributed by atoms with Gasteiger partial charge in [0, 0.05) is 17.3 Å². The third-order valence-corrected chi connectivity index (χ3v) is 7.99. The van der Waals surface area contributed by atoms with Gasteiger partial charge in [0.2, 0.25) is 11.8 Å². The minimum atomic E-state index is -0.676. The van der Waals surface area contributed by atoms with Crippen molar-refractivity contribution in [1.82, 2.24) is 4.90 Å². The maximum absolute atomic E-state index is 13.7. The number of carbonyl (C=O) groups excluding carboxylic acids is 3. The molecule has 5 nitrogen and oxygen atoms in total. The fourth-order valence-corrected chi connectivity index (χ4v) is 6.16. The Balaban J connectivity index is 1.69. The fraction of sp³-hybridized carbons (Fsp3) is 0.400. The summed E-state index contributed by atoms with van der Waals surface area (Å²) >= 11 is 1.39. The smallest absolute Gasteiger partial charge is 0.236 e. The summed E-state index contributed by atoms with van der Waals surface area (Å²) in [7, 11) is 0. The fourth-order valence-electron chi connectivity index (χ4n) is 5.46. The quantitative estimate of drug-likeness (QED) is 0.531. The Morgan fingerprint density at radius 3 is 2.55 bits per heavy atom. The van der Waals surface area contributed by atoms with Crippen molar-refractivity contribution >= 4 is 40.2 Å². The van der Waals surface area contributed by atoms with Crippen LogP contribution < -0.4 is 4.90 Å². The van der Waals surface area contributed by atoms with E-state index in [1.807, 2.05) is 57.3 Å². The monoisotopic (exact) mass is 434 g/mol. The molecule has 2 fully saturated rings. The molecule has 3 aliphatic rings. The van der Waals surface area contributed by atoms with Crippen LogP contribution in [0.15, 0.2) is 41.8 Å². The van der Waals surface area contributed by atoms with Gasteiger partial charge in [-0.2, -0.15) is 0 Å². The van der Waals surface area contributed by atoms with Crippen molar-refractivity contribution in [3.05, 3.63) is 57.8 Å². The molecule has 4 heterocycles. The van der Waals surface area contributed by atoms with Crippen LogP contribution in [0.3, 0.4) is 0 Å². The van der Waals surface area contributed by atoms with E-state index in [-0.39, 0.29) is 29.7 Å². The average molecular weight is 435 g/mol. The van der Waals surface area contributed by atoms with Crippen LogP contribution in [-0.4, -0.2) is 40.6 Å². The predicted molar refractivity (Wildman–Crippen MR) is 122 cm³/mol. The maximum atomic E-state index is 13.7. The van der Waals surface area contributed by atoms with Crippen LogP contribution in [0.1, 0.15) is 48.0 Å². The average Bonchev–Trinajstić information content (AvgIpc) is 3.44. The molecule has 2 aromatic rings. The second-order valence-corrected chi connectivity index (χ2v) is 9.86. The first kappa shape index (κ1) is 20.2. The molecule has 3 aliphatic heterocycles. The van der Waals surface area contributed by atoms with Gasteiger partial charge >= 0.3 is 0 Å². The lowest BCUT2D eigenvalue weighted by Gasteiger charge is -2.38. The van der Waals surface area contributed by atoms with Crippen molar-refractivity contribution in [2.45, 2.75) is 52.2 Å². The van der Waals surface area contributed by atoms with Gasteiger partial charge < -0.3 is 4.90 Å². The topological polar surface area (TPSA) is 57.7 Å². The van der Waals surface area contributed by atoms with Crippen LogP contribution in [0, 0.1) is 18.8 Å². The minimum absolute atomic E-state index is 0.0703. The van der Waals surface area contributed by atoms with E-state index in [0.29, 0.717) is 11.3 Å². The van der Waals surface area contributed by atoms with Gasteiger partial charge in [0.05, 0.1) is 22.8 Å². The number of likely N-dealkylation sites (tertiary alicyclic amines) is 1. The van der Waals surface area contributed by atoms with Gasteiger partial charge in [-0.15, -0.1) is 11.3 Å². The van der Waals surface area contributed by atoms with E-state index in [4.69, 9.17) is 0 Å². The molecule has 5 atom stereocenters. The van der Waals surface area contributed by atoms with Gasteiger partial charge in [-0.25, -0.2) is 0 Å². The number of anilines is 1. The summed E-state index contributed by atoms with van der Waals surface area (Å²) in [5.41, 5.74) is 4.24. The van der Waals surface area contributed by atoms with E-state index in [9.17, 15) is 14.4 Å². The zero-order valence-corrected chi connectivity index (χ0v) is 19.0. The summed E-state index contributed by atoms with van der Waals surface area (Å²) in [4.78, 5) is 44.9. The summed E-state index contributed by atoms with van der Waals surface area (Å²) in [5.74, 6) is -1.59. The molecule has 0 N–H and O–H groups in total. The molecule has 5 rings (SSSR count). The van der Waals surface area contributed by atoms with Gasteiger partial charge in [-0.05, 0) is 56.3 Å². The summed E-state index contributed by atoms with van der Waals surface area (Å²) in [5, 5.41) is 1.88. The molecule has 0 radical (unpaired) electrons. The molecule has 1 aromatic carbocycles. The number of hydrogen-bond acceptors (Lipinski definition) is 5. The molecule has 160 valence electrons. The van der Waals surface area contributed by atoms with E-state index in [1.54, 1.807) is 0 Å². The van der Waals surface area contributed by atoms with E-state index < -0.39 is 17.9 Å². The number of allylic oxidation sites excluding steroid dienone is 1. The van der Waals surface area contributed by atoms with Crippen molar-refractivity contribution in [1.29, 1.82) is 0 Å². The number of Topliss-reactive ketones (excluding diaryl/α,β-unsaturated/α-hetero) is 1. The van der Waals surface area contributed by atoms with Crippen LogP contribution in [0.4, 0.5) is 5.69 Å². The highest BCUT2D eigenvalue weighted by molar-refractivity contribution is 7.12. The Morgan fingerprint density at radius 1 is 1.13 bits per heavy atom. The predicted octanol–water partition coefficient (Wildman–Crippen LogP) is 4.31. The number of fused-ring (bicyclic) bond motifs is 5. The molecule has 31 heavy (non-hydrogen) atoms. The van der Waals surface area contributed by atoms with Crippen molar-refractivity contribution in [2.75, 3.05) is 4.90 Å². The van der Waals surface area contributed by atoms with E-state index in [1.165, 1.54) is 16.2 Å². The molecule has 2 amide bonds. The third kappa shape index (κ3) is 2.77. The van der Waals surface area contributed by atoms with Crippen LogP contribution in [0.25, 0.3) is 5.57 Å². The van der Waals surface area contributed by atoms with E-state index in [0.717, 1.165) is 22.4 Å². The number of aryl methyl sites for hydroxylation is 1. The highest BCUT2D eigenvalue weighted by atomic mass is 32.1. The van der Waals surface area contributed by atoms with Gasteiger partial charge in [0.15, 0.2) is 5.78 Å². The molecular weight excluding hydrogens is 408 g/mol. The van der Waals surface area contributed by atoms with Crippen molar-refractivity contribution in [3.63, 3.8) is 0 Å². The first-order valence-corrected chi connectivity index (χ1v) is 11.8. The van der Waals surface area contributed by atoms with Gasteiger partial charge in [0.25, 0.3) is 0 Å². The largest absolute Gasteiger partial charge is 0.352 e. The third-order valence-electron chi connectivity index (χ3n) is 7.10. The van der Waals surface area contributed by atoms with Crippen LogP contribution in [0.5, 0.6) is 0 Å². The van der Waals surface area contributed by atoms with Gasteiger partial charge in [-0.1, -0.05) is 30.7 Å². The molecule has 6 heteroatoms. The first-order valence-electron chi connectivity index (χ1n) is 10.9. The lowest BCUT2D eigenvalue weighted by Crippen LogP contribution is -2.50. The SMILES string of the molecule is CC[C@H](C)N1C(=O)[C@@H]2[C@H](C1=O)[C@H](C(=O)c1cccs1)N1c3ccc(C)cc3C(C)=C[C@@H]21. The Labute approximate surface area is 186 Å². The molecule has 2 saturated heterocycles. The summed E-state index contributed by atoms with van der Waals surface area (Å²) < 4.78 is 0. The number of benzene rings is 1. The van der Waals surface area contributed by atoms with Crippen LogP contribution in [0.2, 0.25) is 0 Å². The summed E-state index contributed by atoms with van der Waals surface area (Å²) in [6.45, 7) is 7.98. The number of hydrogen-bond donors (Lipinski definition) is 0. The summed E-state index contributed by atoms with van der Waals surface area (Å²) in [6.07, 6.45) is 2.79. The van der Waals surface area contributed by atoms with Crippen molar-refractivity contribution in [2.24, 2.45) is 11.8 Å². The Bertz CT molecular complexity index is 1120. The van der Waals surface area contributed by atoms with Gasteiger partial charge in [-0.3, -0.25) is 19.3 Å². The molecule has 0 bridgehead atoms.